The van der Waals surface area contributed by atoms with E-state index < -0.39 is 0 Å². The molecule has 4 saturated carbocycles. The minimum absolute atomic E-state index is 0.115. The van der Waals surface area contributed by atoms with Crippen LogP contribution in [0.3, 0.4) is 0 Å². The Morgan fingerprint density at radius 3 is 2.26 bits per heavy atom. The molecular formula is C17H23N3O3. The van der Waals surface area contributed by atoms with Gasteiger partial charge in [-0.25, -0.2) is 4.98 Å². The third kappa shape index (κ3) is 2.44. The van der Waals surface area contributed by atoms with Crippen molar-refractivity contribution in [3.63, 3.8) is 0 Å². The van der Waals surface area contributed by atoms with Gasteiger partial charge in [-0.15, -0.1) is 0 Å². The summed E-state index contributed by atoms with van der Waals surface area (Å²) in [6.45, 7) is 0. The highest BCUT2D eigenvalue weighted by Crippen LogP contribution is 2.60. The van der Waals surface area contributed by atoms with Crippen molar-refractivity contribution in [1.82, 2.24) is 9.97 Å². The number of nitrogens with one attached hydrogen (secondary N) is 1. The average molecular weight is 317 g/mol. The summed E-state index contributed by atoms with van der Waals surface area (Å²) in [5.41, 5.74) is 0.328. The van der Waals surface area contributed by atoms with Crippen LogP contribution in [0, 0.1) is 23.2 Å². The highest BCUT2D eigenvalue weighted by molar-refractivity contribution is 5.96. The molecule has 4 fully saturated rings. The van der Waals surface area contributed by atoms with Gasteiger partial charge in [0.1, 0.15) is 5.69 Å². The molecule has 0 aromatic carbocycles. The lowest BCUT2D eigenvalue weighted by Crippen LogP contribution is -2.51. The summed E-state index contributed by atoms with van der Waals surface area (Å²) in [5, 5.41) is 3.03. The first-order valence-electron chi connectivity index (χ1n) is 8.38. The van der Waals surface area contributed by atoms with Gasteiger partial charge in [0.05, 0.1) is 25.8 Å². The van der Waals surface area contributed by atoms with E-state index in [1.807, 2.05) is 0 Å². The van der Waals surface area contributed by atoms with Crippen LogP contribution in [0.2, 0.25) is 0 Å². The summed E-state index contributed by atoms with van der Waals surface area (Å²) in [4.78, 5) is 21.3. The van der Waals surface area contributed by atoms with Crippen molar-refractivity contribution >= 4 is 11.6 Å². The second-order valence-corrected chi connectivity index (χ2v) is 7.43. The van der Waals surface area contributed by atoms with Gasteiger partial charge in [-0.2, -0.15) is 4.98 Å². The van der Waals surface area contributed by atoms with E-state index in [0.717, 1.165) is 37.0 Å². The number of ether oxygens (including phenoxy) is 2. The van der Waals surface area contributed by atoms with Crippen LogP contribution in [-0.2, 0) is 4.79 Å². The number of hydrogen-bond donors (Lipinski definition) is 1. The molecule has 124 valence electrons. The Bertz CT molecular complexity index is 596. The molecule has 0 unspecified atom stereocenters. The fraction of sp³-hybridized carbons (Fsp3) is 0.706. The lowest BCUT2D eigenvalue weighted by Gasteiger charge is -2.55. The quantitative estimate of drug-likeness (QED) is 0.924. The summed E-state index contributed by atoms with van der Waals surface area (Å²) in [6, 6.07) is 0.231. The predicted molar refractivity (Wildman–Crippen MR) is 84.4 cm³/mol. The van der Waals surface area contributed by atoms with Gasteiger partial charge in [0, 0.05) is 0 Å². The second kappa shape index (κ2) is 5.35. The summed E-state index contributed by atoms with van der Waals surface area (Å²) in [7, 11) is 3.03. The number of nitrogens with zero attached hydrogens (tertiary/aromatic N) is 2. The van der Waals surface area contributed by atoms with Crippen LogP contribution in [0.1, 0.15) is 38.5 Å². The van der Waals surface area contributed by atoms with E-state index in [1.54, 1.807) is 6.20 Å². The lowest BCUT2D eigenvalue weighted by atomic mass is 9.49. The second-order valence-electron chi connectivity index (χ2n) is 7.43. The summed E-state index contributed by atoms with van der Waals surface area (Å²) >= 11 is 0. The van der Waals surface area contributed by atoms with Gasteiger partial charge in [-0.3, -0.25) is 4.79 Å². The lowest BCUT2D eigenvalue weighted by molar-refractivity contribution is -0.140. The topological polar surface area (TPSA) is 73.3 Å². The molecule has 0 atom stereocenters. The fourth-order valence-corrected chi connectivity index (χ4v) is 5.33. The van der Waals surface area contributed by atoms with E-state index in [4.69, 9.17) is 9.47 Å². The zero-order valence-corrected chi connectivity index (χ0v) is 13.7. The highest BCUT2D eigenvalue weighted by Gasteiger charge is 2.54. The molecule has 6 heteroatoms. The molecule has 0 saturated heterocycles. The molecule has 0 spiro atoms. The predicted octanol–water partition coefficient (Wildman–Crippen LogP) is 2.65. The van der Waals surface area contributed by atoms with E-state index in [9.17, 15) is 4.79 Å². The van der Waals surface area contributed by atoms with Crippen molar-refractivity contribution in [3.05, 3.63) is 6.20 Å². The zero-order valence-electron chi connectivity index (χ0n) is 13.7. The standard InChI is InChI=1S/C17H23N3O3/c1-22-14-13(9-18-16(20-14)23-2)19-15(21)17-6-10-3-11(7-17)5-12(4-10)8-17/h9-12H,3-8H2,1-2H3,(H,19,21). The number of rotatable bonds is 4. The molecule has 1 amide bonds. The van der Waals surface area contributed by atoms with Crippen LogP contribution >= 0.6 is 0 Å². The monoisotopic (exact) mass is 317 g/mol. The normalized spacial score (nSPS) is 34.3. The van der Waals surface area contributed by atoms with Crippen LogP contribution in [0.5, 0.6) is 11.9 Å². The Labute approximate surface area is 136 Å². The van der Waals surface area contributed by atoms with Crippen LogP contribution in [0.15, 0.2) is 6.20 Å². The van der Waals surface area contributed by atoms with Crippen molar-refractivity contribution in [2.24, 2.45) is 23.2 Å². The fourth-order valence-electron chi connectivity index (χ4n) is 5.33. The van der Waals surface area contributed by atoms with Crippen molar-refractivity contribution in [2.75, 3.05) is 19.5 Å². The first kappa shape index (κ1) is 14.7. The molecule has 1 aromatic rings. The molecule has 1 N–H and O–H groups in total. The van der Waals surface area contributed by atoms with Gasteiger partial charge in [-0.05, 0) is 56.3 Å². The van der Waals surface area contributed by atoms with E-state index >= 15 is 0 Å². The molecule has 0 radical (unpaired) electrons. The Kier molecular flexibility index (Phi) is 3.43. The number of carbonyl (C=O) groups excluding carboxylic acids is 1. The Balaban J connectivity index is 1.56. The van der Waals surface area contributed by atoms with E-state index in [2.05, 4.69) is 15.3 Å². The van der Waals surface area contributed by atoms with Gasteiger partial charge >= 0.3 is 6.01 Å². The number of carbonyl (C=O) groups is 1. The Morgan fingerprint density at radius 2 is 1.74 bits per heavy atom. The molecule has 4 bridgehead atoms. The van der Waals surface area contributed by atoms with Crippen molar-refractivity contribution in [1.29, 1.82) is 0 Å². The smallest absolute Gasteiger partial charge is 0.319 e. The summed E-state index contributed by atoms with van der Waals surface area (Å²) in [5.74, 6) is 2.67. The molecule has 1 heterocycles. The van der Waals surface area contributed by atoms with Gasteiger partial charge in [0.25, 0.3) is 0 Å². The maximum Gasteiger partial charge on any atom is 0.319 e. The van der Waals surface area contributed by atoms with Crippen LogP contribution < -0.4 is 14.8 Å². The van der Waals surface area contributed by atoms with Gasteiger partial charge < -0.3 is 14.8 Å². The number of amides is 1. The third-order valence-electron chi connectivity index (χ3n) is 5.88. The number of anilines is 1. The van der Waals surface area contributed by atoms with Gasteiger partial charge in [0.15, 0.2) is 0 Å². The van der Waals surface area contributed by atoms with Gasteiger partial charge in [-0.1, -0.05) is 0 Å². The van der Waals surface area contributed by atoms with E-state index in [-0.39, 0.29) is 17.3 Å². The third-order valence-corrected chi connectivity index (χ3v) is 5.88. The largest absolute Gasteiger partial charge is 0.479 e. The molecule has 4 aliphatic rings. The molecule has 1 aromatic heterocycles. The molecular weight excluding hydrogens is 294 g/mol. The molecule has 23 heavy (non-hydrogen) atoms. The minimum Gasteiger partial charge on any atom is -0.479 e. The zero-order chi connectivity index (χ0) is 16.0. The Hall–Kier alpha value is -1.85. The van der Waals surface area contributed by atoms with Crippen LogP contribution in [-0.4, -0.2) is 30.1 Å². The van der Waals surface area contributed by atoms with Crippen molar-refractivity contribution in [2.45, 2.75) is 38.5 Å². The highest BCUT2D eigenvalue weighted by atomic mass is 16.5. The molecule has 0 aliphatic heterocycles. The minimum atomic E-state index is -0.195. The van der Waals surface area contributed by atoms with Crippen LogP contribution in [0.4, 0.5) is 5.69 Å². The van der Waals surface area contributed by atoms with E-state index in [0.29, 0.717) is 11.6 Å². The van der Waals surface area contributed by atoms with E-state index in [1.165, 1.54) is 33.5 Å². The first-order chi connectivity index (χ1) is 11.1. The number of aromatic nitrogens is 2. The number of hydrogen-bond acceptors (Lipinski definition) is 5. The molecule has 6 nitrogen and oxygen atoms in total. The van der Waals surface area contributed by atoms with Crippen LogP contribution in [0.25, 0.3) is 0 Å². The summed E-state index contributed by atoms with van der Waals surface area (Å²) < 4.78 is 10.3. The number of methoxy groups -OCH3 is 2. The first-order valence-corrected chi connectivity index (χ1v) is 8.38. The Morgan fingerprint density at radius 1 is 1.13 bits per heavy atom. The average Bonchev–Trinajstić information content (AvgIpc) is 2.54. The van der Waals surface area contributed by atoms with Gasteiger partial charge in [0.2, 0.25) is 11.8 Å². The maximum absolute atomic E-state index is 13.0. The van der Waals surface area contributed by atoms with Crippen molar-refractivity contribution < 1.29 is 14.3 Å². The summed E-state index contributed by atoms with van der Waals surface area (Å²) in [6.07, 6.45) is 8.62. The maximum atomic E-state index is 13.0. The molecule has 5 rings (SSSR count). The molecule has 4 aliphatic carbocycles. The van der Waals surface area contributed by atoms with Crippen molar-refractivity contribution in [3.8, 4) is 11.9 Å². The SMILES string of the molecule is COc1ncc(NC(=O)C23CC4CC(CC(C4)C2)C3)c(OC)n1.